The highest BCUT2D eigenvalue weighted by atomic mass is 32.2. The molecule has 0 spiro atoms. The highest BCUT2D eigenvalue weighted by Crippen LogP contribution is 2.52. The summed E-state index contributed by atoms with van der Waals surface area (Å²) in [5.41, 5.74) is 1.43. The van der Waals surface area contributed by atoms with Crippen molar-refractivity contribution >= 4 is 23.6 Å². The van der Waals surface area contributed by atoms with Crippen LogP contribution in [0, 0.1) is 0 Å². The van der Waals surface area contributed by atoms with Gasteiger partial charge < -0.3 is 19.7 Å². The quantitative estimate of drug-likeness (QED) is 0.890. The van der Waals surface area contributed by atoms with E-state index >= 15 is 0 Å². The minimum absolute atomic E-state index is 0.0333. The molecule has 1 aromatic rings. The SMILES string of the molecule is COc1ccc2c(c1OC)C(=O)N1[C@H](C(=O)NC3CCCC3)CS[C@@H]21. The molecule has 1 N–H and O–H groups in total. The van der Waals surface area contributed by atoms with Gasteiger partial charge in [0.1, 0.15) is 11.4 Å². The van der Waals surface area contributed by atoms with E-state index in [9.17, 15) is 9.59 Å². The zero-order valence-corrected chi connectivity index (χ0v) is 15.2. The summed E-state index contributed by atoms with van der Waals surface area (Å²) in [6.07, 6.45) is 4.40. The number of benzene rings is 1. The van der Waals surface area contributed by atoms with Crippen molar-refractivity contribution in [1.82, 2.24) is 10.2 Å². The Balaban J connectivity index is 1.62. The fourth-order valence-electron chi connectivity index (χ4n) is 4.06. The molecule has 25 heavy (non-hydrogen) atoms. The van der Waals surface area contributed by atoms with Crippen LogP contribution in [0.4, 0.5) is 0 Å². The van der Waals surface area contributed by atoms with Crippen LogP contribution in [0.2, 0.25) is 0 Å². The molecule has 0 bridgehead atoms. The minimum atomic E-state index is -0.425. The molecule has 7 heteroatoms. The second-order valence-electron chi connectivity index (χ2n) is 6.67. The van der Waals surface area contributed by atoms with E-state index in [-0.39, 0.29) is 23.2 Å². The van der Waals surface area contributed by atoms with Crippen LogP contribution in [-0.4, -0.2) is 48.8 Å². The molecule has 6 nitrogen and oxygen atoms in total. The van der Waals surface area contributed by atoms with Crippen molar-refractivity contribution in [1.29, 1.82) is 0 Å². The maximum atomic E-state index is 13.1. The number of fused-ring (bicyclic) bond motifs is 3. The lowest BCUT2D eigenvalue weighted by Crippen LogP contribution is -2.48. The maximum absolute atomic E-state index is 13.1. The lowest BCUT2D eigenvalue weighted by molar-refractivity contribution is -0.125. The molecule has 2 amide bonds. The average Bonchev–Trinajstić information content (AvgIpc) is 3.33. The fraction of sp³-hybridized carbons (Fsp3) is 0.556. The van der Waals surface area contributed by atoms with Crippen molar-refractivity contribution < 1.29 is 19.1 Å². The van der Waals surface area contributed by atoms with E-state index in [1.54, 1.807) is 23.8 Å². The molecule has 134 valence electrons. The molecule has 4 rings (SSSR count). The smallest absolute Gasteiger partial charge is 0.260 e. The van der Waals surface area contributed by atoms with E-state index < -0.39 is 6.04 Å². The van der Waals surface area contributed by atoms with Crippen molar-refractivity contribution in [3.8, 4) is 11.5 Å². The molecular weight excluding hydrogens is 340 g/mol. The van der Waals surface area contributed by atoms with Gasteiger partial charge in [-0.25, -0.2) is 0 Å². The third-order valence-electron chi connectivity index (χ3n) is 5.30. The van der Waals surface area contributed by atoms with Gasteiger partial charge in [0.2, 0.25) is 5.91 Å². The molecule has 1 saturated heterocycles. The fourth-order valence-corrected chi connectivity index (χ4v) is 5.52. The van der Waals surface area contributed by atoms with Crippen LogP contribution >= 0.6 is 11.8 Å². The average molecular weight is 362 g/mol. The monoisotopic (exact) mass is 362 g/mol. The lowest BCUT2D eigenvalue weighted by atomic mass is 10.1. The molecule has 1 aromatic carbocycles. The molecule has 0 unspecified atom stereocenters. The van der Waals surface area contributed by atoms with Crippen LogP contribution in [0.5, 0.6) is 11.5 Å². The summed E-state index contributed by atoms with van der Waals surface area (Å²) in [5, 5.41) is 3.01. The van der Waals surface area contributed by atoms with E-state index in [1.165, 1.54) is 7.11 Å². The second kappa shape index (κ2) is 6.44. The molecule has 0 aromatic heterocycles. The third-order valence-corrected chi connectivity index (χ3v) is 6.60. The number of ether oxygens (including phenoxy) is 2. The summed E-state index contributed by atoms with van der Waals surface area (Å²) in [6, 6.07) is 3.56. The number of rotatable bonds is 4. The summed E-state index contributed by atoms with van der Waals surface area (Å²) in [5.74, 6) is 1.44. The summed E-state index contributed by atoms with van der Waals surface area (Å²) in [4.78, 5) is 27.5. The number of amides is 2. The van der Waals surface area contributed by atoms with E-state index in [2.05, 4.69) is 5.32 Å². The van der Waals surface area contributed by atoms with Gasteiger partial charge >= 0.3 is 0 Å². The number of nitrogens with one attached hydrogen (secondary N) is 1. The van der Waals surface area contributed by atoms with Gasteiger partial charge in [0.15, 0.2) is 11.5 Å². The first-order chi connectivity index (χ1) is 12.2. The molecule has 1 saturated carbocycles. The van der Waals surface area contributed by atoms with Crippen LogP contribution in [0.1, 0.15) is 47.0 Å². The van der Waals surface area contributed by atoms with Crippen LogP contribution in [0.25, 0.3) is 0 Å². The van der Waals surface area contributed by atoms with E-state index in [4.69, 9.17) is 9.47 Å². The van der Waals surface area contributed by atoms with Gasteiger partial charge in [0.05, 0.1) is 19.8 Å². The summed E-state index contributed by atoms with van der Waals surface area (Å²) in [6.45, 7) is 0. The van der Waals surface area contributed by atoms with Crippen LogP contribution in [0.15, 0.2) is 12.1 Å². The Morgan fingerprint density at radius 3 is 2.68 bits per heavy atom. The third kappa shape index (κ3) is 2.56. The van der Waals surface area contributed by atoms with Gasteiger partial charge in [0, 0.05) is 17.4 Å². The van der Waals surface area contributed by atoms with Gasteiger partial charge in [0.25, 0.3) is 5.91 Å². The minimum Gasteiger partial charge on any atom is -0.493 e. The van der Waals surface area contributed by atoms with Gasteiger partial charge in [-0.15, -0.1) is 11.8 Å². The molecular formula is C18H22N2O4S. The van der Waals surface area contributed by atoms with E-state index in [0.717, 1.165) is 31.2 Å². The molecule has 2 atom stereocenters. The number of carbonyl (C=O) groups is 2. The van der Waals surface area contributed by atoms with Crippen molar-refractivity contribution in [3.05, 3.63) is 23.3 Å². The molecule has 2 aliphatic heterocycles. The van der Waals surface area contributed by atoms with Crippen molar-refractivity contribution in [2.24, 2.45) is 0 Å². The summed E-state index contributed by atoms with van der Waals surface area (Å²) in [7, 11) is 3.09. The topological polar surface area (TPSA) is 67.9 Å². The number of hydrogen-bond acceptors (Lipinski definition) is 5. The Hall–Kier alpha value is -1.89. The number of nitrogens with zero attached hydrogens (tertiary/aromatic N) is 1. The van der Waals surface area contributed by atoms with Crippen LogP contribution < -0.4 is 14.8 Å². The highest BCUT2D eigenvalue weighted by molar-refractivity contribution is 7.99. The number of methoxy groups -OCH3 is 2. The Morgan fingerprint density at radius 1 is 1.24 bits per heavy atom. The largest absolute Gasteiger partial charge is 0.493 e. The van der Waals surface area contributed by atoms with Gasteiger partial charge in [-0.3, -0.25) is 9.59 Å². The Morgan fingerprint density at radius 2 is 2.00 bits per heavy atom. The van der Waals surface area contributed by atoms with Crippen LogP contribution in [0.3, 0.4) is 0 Å². The highest BCUT2D eigenvalue weighted by Gasteiger charge is 2.50. The Labute approximate surface area is 151 Å². The predicted molar refractivity (Wildman–Crippen MR) is 95.1 cm³/mol. The maximum Gasteiger partial charge on any atom is 0.260 e. The van der Waals surface area contributed by atoms with Gasteiger partial charge in [-0.05, 0) is 18.9 Å². The van der Waals surface area contributed by atoms with Gasteiger partial charge in [-0.2, -0.15) is 0 Å². The number of thioether (sulfide) groups is 1. The summed E-state index contributed by atoms with van der Waals surface area (Å²) < 4.78 is 10.7. The Bertz CT molecular complexity index is 717. The van der Waals surface area contributed by atoms with Gasteiger partial charge in [-0.1, -0.05) is 18.9 Å². The standard InChI is InChI=1S/C18H22N2O4S/c1-23-13-8-7-11-14(15(13)24-2)17(22)20-12(9-25-18(11)20)16(21)19-10-5-3-4-6-10/h7-8,10,12,18H,3-6,9H2,1-2H3,(H,19,21)/t12-,18-/m0/s1. The van der Waals surface area contributed by atoms with E-state index in [1.807, 2.05) is 12.1 Å². The Kier molecular flexibility index (Phi) is 4.27. The first-order valence-electron chi connectivity index (χ1n) is 8.65. The van der Waals surface area contributed by atoms with Crippen molar-refractivity contribution in [3.63, 3.8) is 0 Å². The first-order valence-corrected chi connectivity index (χ1v) is 9.70. The molecule has 1 aliphatic carbocycles. The number of hydrogen-bond donors (Lipinski definition) is 1. The summed E-state index contributed by atoms with van der Waals surface area (Å²) >= 11 is 1.63. The molecule has 2 heterocycles. The zero-order valence-electron chi connectivity index (χ0n) is 14.4. The normalized spacial score (nSPS) is 25.0. The number of carbonyl (C=O) groups excluding carboxylic acids is 2. The molecule has 0 radical (unpaired) electrons. The lowest BCUT2D eigenvalue weighted by Gasteiger charge is -2.24. The first kappa shape index (κ1) is 16.6. The molecule has 3 aliphatic rings. The van der Waals surface area contributed by atoms with Crippen molar-refractivity contribution in [2.45, 2.75) is 43.1 Å². The van der Waals surface area contributed by atoms with Crippen molar-refractivity contribution in [2.75, 3.05) is 20.0 Å². The van der Waals surface area contributed by atoms with E-state index in [0.29, 0.717) is 22.8 Å². The molecule has 2 fully saturated rings. The second-order valence-corrected chi connectivity index (χ2v) is 7.78. The zero-order chi connectivity index (χ0) is 17.6. The predicted octanol–water partition coefficient (Wildman–Crippen LogP) is 2.33. The van der Waals surface area contributed by atoms with Crippen LogP contribution in [-0.2, 0) is 4.79 Å².